The molecule has 2 aromatic heterocycles. The molecule has 1 amide bonds. The highest BCUT2D eigenvalue weighted by Gasteiger charge is 2.30. The van der Waals surface area contributed by atoms with E-state index in [0.29, 0.717) is 28.0 Å². The van der Waals surface area contributed by atoms with E-state index in [9.17, 15) is 13.2 Å². The maximum atomic E-state index is 12.6. The molecule has 1 N–H and O–H groups in total. The number of hydrogen-bond donors (Lipinski definition) is 1. The normalized spacial score (nSPS) is 15.9. The second kappa shape index (κ2) is 6.27. The van der Waals surface area contributed by atoms with Gasteiger partial charge in [0, 0.05) is 18.0 Å². The van der Waals surface area contributed by atoms with Crippen LogP contribution in [0.15, 0.2) is 11.0 Å². The first-order chi connectivity index (χ1) is 10.9. The fourth-order valence-corrected chi connectivity index (χ4v) is 5.97. The van der Waals surface area contributed by atoms with Crippen molar-refractivity contribution in [3.05, 3.63) is 20.8 Å². The fourth-order valence-electron chi connectivity index (χ4n) is 2.41. The Morgan fingerprint density at radius 1 is 1.22 bits per heavy atom. The summed E-state index contributed by atoms with van der Waals surface area (Å²) in [5, 5.41) is 11.5. The average molecular weight is 372 g/mol. The van der Waals surface area contributed by atoms with Crippen LogP contribution in [0.1, 0.15) is 32.4 Å². The standard InChI is InChI=1S/C13H16N4O3S3/c1-8-11(23(19,20)17-5-3-4-6-17)7-10(21-8)12(18)14-13-16-15-9(2)22-13/h7H,3-6H2,1-2H3,(H,14,16,18). The third-order valence-electron chi connectivity index (χ3n) is 3.53. The van der Waals surface area contributed by atoms with Crippen LogP contribution in [0.4, 0.5) is 5.13 Å². The lowest BCUT2D eigenvalue weighted by Crippen LogP contribution is -2.28. The largest absolute Gasteiger partial charge is 0.296 e. The summed E-state index contributed by atoms with van der Waals surface area (Å²) >= 11 is 2.44. The summed E-state index contributed by atoms with van der Waals surface area (Å²) in [5.74, 6) is -0.364. The molecule has 10 heteroatoms. The number of aryl methyl sites for hydroxylation is 2. The monoisotopic (exact) mass is 372 g/mol. The van der Waals surface area contributed by atoms with Gasteiger partial charge in [-0.25, -0.2) is 8.42 Å². The van der Waals surface area contributed by atoms with E-state index in [1.807, 2.05) is 0 Å². The summed E-state index contributed by atoms with van der Waals surface area (Å²) in [6.45, 7) is 4.61. The molecule has 0 spiro atoms. The molecule has 124 valence electrons. The second-order valence-electron chi connectivity index (χ2n) is 5.22. The number of carbonyl (C=O) groups excluding carboxylic acids is 1. The van der Waals surface area contributed by atoms with Crippen LogP contribution in [-0.4, -0.2) is 41.9 Å². The molecular weight excluding hydrogens is 356 g/mol. The van der Waals surface area contributed by atoms with Gasteiger partial charge in [0.2, 0.25) is 15.2 Å². The number of amides is 1. The van der Waals surface area contributed by atoms with Gasteiger partial charge in [-0.3, -0.25) is 10.1 Å². The van der Waals surface area contributed by atoms with Crippen molar-refractivity contribution in [2.75, 3.05) is 18.4 Å². The van der Waals surface area contributed by atoms with Crippen molar-refractivity contribution < 1.29 is 13.2 Å². The van der Waals surface area contributed by atoms with E-state index >= 15 is 0 Å². The first kappa shape index (κ1) is 16.5. The molecule has 0 unspecified atom stereocenters. The number of sulfonamides is 1. The predicted octanol–water partition coefficient (Wildman–Crippen LogP) is 2.25. The van der Waals surface area contributed by atoms with Gasteiger partial charge in [-0.15, -0.1) is 21.5 Å². The lowest BCUT2D eigenvalue weighted by molar-refractivity contribution is 0.103. The molecule has 3 heterocycles. The van der Waals surface area contributed by atoms with Crippen molar-refractivity contribution in [2.24, 2.45) is 0 Å². The summed E-state index contributed by atoms with van der Waals surface area (Å²) in [6, 6.07) is 1.46. The molecule has 0 bridgehead atoms. The van der Waals surface area contributed by atoms with Crippen LogP contribution in [-0.2, 0) is 10.0 Å². The summed E-state index contributed by atoms with van der Waals surface area (Å²) in [4.78, 5) is 13.5. The van der Waals surface area contributed by atoms with E-state index in [1.165, 1.54) is 33.0 Å². The number of anilines is 1. The highest BCUT2D eigenvalue weighted by molar-refractivity contribution is 7.89. The molecule has 2 aromatic rings. The van der Waals surface area contributed by atoms with Crippen molar-refractivity contribution in [1.29, 1.82) is 0 Å². The van der Waals surface area contributed by atoms with Gasteiger partial charge >= 0.3 is 0 Å². The average Bonchev–Trinajstić information content (AvgIpc) is 3.19. The minimum atomic E-state index is -3.51. The molecule has 0 aromatic carbocycles. The van der Waals surface area contributed by atoms with Gasteiger partial charge in [0.1, 0.15) is 5.01 Å². The lowest BCUT2D eigenvalue weighted by Gasteiger charge is -2.14. The lowest BCUT2D eigenvalue weighted by atomic mass is 10.4. The highest BCUT2D eigenvalue weighted by atomic mass is 32.2. The number of hydrogen-bond acceptors (Lipinski definition) is 7. The zero-order chi connectivity index (χ0) is 16.6. The predicted molar refractivity (Wildman–Crippen MR) is 89.6 cm³/mol. The molecule has 0 aliphatic carbocycles. The van der Waals surface area contributed by atoms with Crippen LogP contribution >= 0.6 is 22.7 Å². The smallest absolute Gasteiger partial charge is 0.267 e. The van der Waals surface area contributed by atoms with Crippen LogP contribution in [0.3, 0.4) is 0 Å². The Labute approximate surface area is 142 Å². The molecule has 0 saturated carbocycles. The number of nitrogens with zero attached hydrogens (tertiary/aromatic N) is 3. The fraction of sp³-hybridized carbons (Fsp3) is 0.462. The first-order valence-corrected chi connectivity index (χ1v) is 10.2. The van der Waals surface area contributed by atoms with Gasteiger partial charge in [0.25, 0.3) is 5.91 Å². The minimum absolute atomic E-state index is 0.225. The van der Waals surface area contributed by atoms with Crippen LogP contribution in [0.25, 0.3) is 0 Å². The van der Waals surface area contributed by atoms with Gasteiger partial charge < -0.3 is 0 Å². The summed E-state index contributed by atoms with van der Waals surface area (Å²) in [5.41, 5.74) is 0. The number of rotatable bonds is 4. The molecule has 3 rings (SSSR count). The Kier molecular flexibility index (Phi) is 4.50. The van der Waals surface area contributed by atoms with Crippen molar-refractivity contribution in [3.63, 3.8) is 0 Å². The van der Waals surface area contributed by atoms with Crippen molar-refractivity contribution in [2.45, 2.75) is 31.6 Å². The number of carbonyl (C=O) groups is 1. The molecule has 1 aliphatic rings. The Bertz CT molecular complexity index is 835. The van der Waals surface area contributed by atoms with Gasteiger partial charge in [-0.1, -0.05) is 11.3 Å². The van der Waals surface area contributed by atoms with Gasteiger partial charge in [0.05, 0.1) is 9.77 Å². The Balaban J connectivity index is 1.84. The molecule has 0 radical (unpaired) electrons. The maximum Gasteiger partial charge on any atom is 0.267 e. The topological polar surface area (TPSA) is 92.3 Å². The quantitative estimate of drug-likeness (QED) is 0.889. The first-order valence-electron chi connectivity index (χ1n) is 7.10. The van der Waals surface area contributed by atoms with Crippen LogP contribution in [0.2, 0.25) is 0 Å². The summed E-state index contributed by atoms with van der Waals surface area (Å²) < 4.78 is 26.8. The van der Waals surface area contributed by atoms with Gasteiger partial charge in [-0.2, -0.15) is 4.31 Å². The van der Waals surface area contributed by atoms with Crippen molar-refractivity contribution in [3.8, 4) is 0 Å². The zero-order valence-electron chi connectivity index (χ0n) is 12.7. The molecular formula is C13H16N4O3S3. The number of nitrogens with one attached hydrogen (secondary N) is 1. The van der Waals surface area contributed by atoms with E-state index in [0.717, 1.165) is 17.8 Å². The van der Waals surface area contributed by atoms with E-state index in [-0.39, 0.29) is 10.8 Å². The van der Waals surface area contributed by atoms with E-state index in [4.69, 9.17) is 0 Å². The van der Waals surface area contributed by atoms with Crippen LogP contribution in [0.5, 0.6) is 0 Å². The molecule has 1 saturated heterocycles. The third kappa shape index (κ3) is 3.30. The maximum absolute atomic E-state index is 12.6. The molecule has 23 heavy (non-hydrogen) atoms. The van der Waals surface area contributed by atoms with E-state index in [2.05, 4.69) is 15.5 Å². The third-order valence-corrected chi connectivity index (χ3v) is 7.48. The van der Waals surface area contributed by atoms with Crippen molar-refractivity contribution in [1.82, 2.24) is 14.5 Å². The molecule has 1 aliphatic heterocycles. The highest BCUT2D eigenvalue weighted by Crippen LogP contribution is 2.30. The number of aromatic nitrogens is 2. The molecule has 7 nitrogen and oxygen atoms in total. The van der Waals surface area contributed by atoms with E-state index < -0.39 is 10.0 Å². The van der Waals surface area contributed by atoms with Crippen molar-refractivity contribution >= 4 is 43.7 Å². The zero-order valence-corrected chi connectivity index (χ0v) is 15.1. The van der Waals surface area contributed by atoms with E-state index in [1.54, 1.807) is 13.8 Å². The Morgan fingerprint density at radius 3 is 2.52 bits per heavy atom. The van der Waals surface area contributed by atoms with Gasteiger partial charge in [0.15, 0.2) is 0 Å². The Morgan fingerprint density at radius 2 is 1.91 bits per heavy atom. The second-order valence-corrected chi connectivity index (χ2v) is 9.57. The Hall–Kier alpha value is -1.36. The molecule has 1 fully saturated rings. The van der Waals surface area contributed by atoms with Crippen LogP contribution < -0.4 is 5.32 Å². The summed E-state index contributed by atoms with van der Waals surface area (Å²) in [7, 11) is -3.51. The van der Waals surface area contributed by atoms with Crippen LogP contribution in [0, 0.1) is 13.8 Å². The minimum Gasteiger partial charge on any atom is -0.296 e. The van der Waals surface area contributed by atoms with Gasteiger partial charge in [-0.05, 0) is 32.8 Å². The summed E-state index contributed by atoms with van der Waals surface area (Å²) in [6.07, 6.45) is 1.76. The SMILES string of the molecule is Cc1nnc(NC(=O)c2cc(S(=O)(=O)N3CCCC3)c(C)s2)s1. The number of thiophene rings is 1. The molecule has 0 atom stereocenters.